The van der Waals surface area contributed by atoms with Gasteiger partial charge in [-0.1, -0.05) is 46.8 Å². The molecular weight excluding hydrogens is 396 g/mol. The normalized spacial score (nSPS) is 17.8. The summed E-state index contributed by atoms with van der Waals surface area (Å²) in [6, 6.07) is 7.75. The first-order chi connectivity index (χ1) is 13.8. The van der Waals surface area contributed by atoms with E-state index in [4.69, 9.17) is 13.9 Å². The summed E-state index contributed by atoms with van der Waals surface area (Å²) in [4.78, 5) is 0. The summed E-state index contributed by atoms with van der Waals surface area (Å²) in [7, 11) is -0.233. The maximum atomic E-state index is 10.7. The molecule has 0 fully saturated rings. The van der Waals surface area contributed by atoms with Crippen molar-refractivity contribution in [3.8, 4) is 5.75 Å². The van der Waals surface area contributed by atoms with Gasteiger partial charge in [-0.15, -0.1) is 0 Å². The number of hydrogen-bond donors (Lipinski definition) is 2. The number of benzene rings is 1. The summed E-state index contributed by atoms with van der Waals surface area (Å²) >= 11 is 0. The quantitative estimate of drug-likeness (QED) is 0.447. The Morgan fingerprint density at radius 3 is 2.07 bits per heavy atom. The molecule has 0 aliphatic rings. The van der Waals surface area contributed by atoms with E-state index in [1.54, 1.807) is 7.11 Å². The van der Waals surface area contributed by atoms with E-state index in [2.05, 4.69) is 33.9 Å². The Morgan fingerprint density at radius 1 is 1.00 bits per heavy atom. The van der Waals surface area contributed by atoms with Gasteiger partial charge in [0, 0.05) is 17.9 Å². The van der Waals surface area contributed by atoms with E-state index in [9.17, 15) is 10.2 Å². The molecule has 0 aliphatic heterocycles. The first kappa shape index (κ1) is 27.1. The van der Waals surface area contributed by atoms with Crippen LogP contribution in [0.2, 0.25) is 18.1 Å². The zero-order chi connectivity index (χ0) is 23.1. The molecule has 0 amide bonds. The lowest BCUT2D eigenvalue weighted by atomic mass is 9.87. The van der Waals surface area contributed by atoms with Crippen LogP contribution in [0.4, 0.5) is 0 Å². The van der Waals surface area contributed by atoms with Crippen molar-refractivity contribution in [3.63, 3.8) is 0 Å². The fourth-order valence-corrected chi connectivity index (χ4v) is 4.67. The summed E-state index contributed by atoms with van der Waals surface area (Å²) in [5, 5.41) is 21.5. The molecule has 0 saturated carbocycles. The molecule has 0 radical (unpaired) electrons. The minimum atomic E-state index is -1.88. The van der Waals surface area contributed by atoms with Crippen LogP contribution in [-0.2, 0) is 15.8 Å². The van der Waals surface area contributed by atoms with Crippen LogP contribution in [0.25, 0.3) is 0 Å². The summed E-state index contributed by atoms with van der Waals surface area (Å²) in [6.45, 7) is 17.9. The summed E-state index contributed by atoms with van der Waals surface area (Å²) in [5.41, 5.74) is 1.06. The van der Waals surface area contributed by atoms with Gasteiger partial charge in [-0.2, -0.15) is 0 Å². The van der Waals surface area contributed by atoms with Gasteiger partial charge < -0.3 is 24.1 Å². The van der Waals surface area contributed by atoms with Gasteiger partial charge in [-0.25, -0.2) is 0 Å². The zero-order valence-electron chi connectivity index (χ0n) is 20.4. The smallest absolute Gasteiger partial charge is 0.192 e. The lowest BCUT2D eigenvalue weighted by Gasteiger charge is -2.39. The SMILES string of the molecule is COc1ccc(COC[C@H](C)[C@H](O)[C@@H](C)[C@@H](O)C[C@@H](C)O[Si](C)(C)C(C)(C)C)cc1. The zero-order valence-corrected chi connectivity index (χ0v) is 21.4. The third kappa shape index (κ3) is 8.31. The lowest BCUT2D eigenvalue weighted by Crippen LogP contribution is -2.45. The standard InChI is InChI=1S/C24H44O5Si/c1-17(15-28-16-20-10-12-21(27-7)13-11-20)23(26)19(3)22(25)14-18(2)29-30(8,9)24(4,5)6/h10-13,17-19,22-23,25-26H,14-16H2,1-9H3/t17-,18+,19-,22-,23-/m0/s1. The highest BCUT2D eigenvalue weighted by atomic mass is 28.4. The lowest BCUT2D eigenvalue weighted by molar-refractivity contribution is -0.0441. The van der Waals surface area contributed by atoms with Gasteiger partial charge in [0.2, 0.25) is 0 Å². The number of ether oxygens (including phenoxy) is 2. The maximum Gasteiger partial charge on any atom is 0.192 e. The minimum Gasteiger partial charge on any atom is -0.497 e. The topological polar surface area (TPSA) is 68.2 Å². The number of rotatable bonds is 12. The molecule has 0 spiro atoms. The Bertz CT molecular complexity index is 611. The fourth-order valence-electron chi connectivity index (χ4n) is 3.21. The summed E-state index contributed by atoms with van der Waals surface area (Å²) < 4.78 is 17.3. The molecule has 0 aliphatic carbocycles. The molecular formula is C24H44O5Si. The Balaban J connectivity index is 2.47. The van der Waals surface area contributed by atoms with Crippen molar-refractivity contribution in [1.82, 2.24) is 0 Å². The predicted octanol–water partition coefficient (Wildman–Crippen LogP) is 5.01. The molecule has 1 aromatic rings. The monoisotopic (exact) mass is 440 g/mol. The second kappa shape index (κ2) is 11.6. The molecule has 1 rings (SSSR count). The summed E-state index contributed by atoms with van der Waals surface area (Å²) in [6.07, 6.45) is -0.790. The van der Waals surface area contributed by atoms with Crippen LogP contribution in [0, 0.1) is 11.8 Å². The largest absolute Gasteiger partial charge is 0.497 e. The predicted molar refractivity (Wildman–Crippen MR) is 125 cm³/mol. The van der Waals surface area contributed by atoms with Crippen LogP contribution in [0.5, 0.6) is 5.75 Å². The van der Waals surface area contributed by atoms with E-state index in [0.29, 0.717) is 19.6 Å². The van der Waals surface area contributed by atoms with Crippen LogP contribution < -0.4 is 4.74 Å². The first-order valence-corrected chi connectivity index (χ1v) is 13.9. The van der Waals surface area contributed by atoms with Crippen molar-refractivity contribution in [1.29, 1.82) is 0 Å². The maximum absolute atomic E-state index is 10.7. The second-order valence-electron chi connectivity index (χ2n) is 10.2. The highest BCUT2D eigenvalue weighted by Gasteiger charge is 2.39. The number of hydrogen-bond acceptors (Lipinski definition) is 5. The molecule has 0 unspecified atom stereocenters. The Hall–Kier alpha value is -0.923. The van der Waals surface area contributed by atoms with Crippen molar-refractivity contribution in [2.75, 3.05) is 13.7 Å². The van der Waals surface area contributed by atoms with Gasteiger partial charge >= 0.3 is 0 Å². The molecule has 30 heavy (non-hydrogen) atoms. The van der Waals surface area contributed by atoms with Crippen molar-refractivity contribution < 1.29 is 24.1 Å². The van der Waals surface area contributed by atoms with Gasteiger partial charge in [-0.3, -0.25) is 0 Å². The van der Waals surface area contributed by atoms with Crippen LogP contribution in [-0.4, -0.2) is 50.6 Å². The van der Waals surface area contributed by atoms with Gasteiger partial charge in [0.05, 0.1) is 32.5 Å². The molecule has 2 N–H and O–H groups in total. The third-order valence-electron chi connectivity index (χ3n) is 6.41. The Morgan fingerprint density at radius 2 is 1.57 bits per heavy atom. The van der Waals surface area contributed by atoms with E-state index in [1.165, 1.54) is 0 Å². The number of methoxy groups -OCH3 is 1. The highest BCUT2D eigenvalue weighted by molar-refractivity contribution is 6.74. The van der Waals surface area contributed by atoms with Gasteiger partial charge in [0.1, 0.15) is 5.75 Å². The van der Waals surface area contributed by atoms with Crippen molar-refractivity contribution >= 4 is 8.32 Å². The van der Waals surface area contributed by atoms with Gasteiger partial charge in [0.15, 0.2) is 8.32 Å². The van der Waals surface area contributed by atoms with Crippen molar-refractivity contribution in [2.45, 2.75) is 91.0 Å². The Kier molecular flexibility index (Phi) is 10.5. The molecule has 6 heteroatoms. The van der Waals surface area contributed by atoms with E-state index in [1.807, 2.05) is 45.0 Å². The molecule has 5 nitrogen and oxygen atoms in total. The summed E-state index contributed by atoms with van der Waals surface area (Å²) in [5.74, 6) is 0.483. The fraction of sp³-hybridized carbons (Fsp3) is 0.750. The molecule has 0 bridgehead atoms. The molecule has 0 aromatic heterocycles. The van der Waals surface area contributed by atoms with Crippen LogP contribution in [0.15, 0.2) is 24.3 Å². The van der Waals surface area contributed by atoms with E-state index in [-0.39, 0.29) is 23.0 Å². The third-order valence-corrected chi connectivity index (χ3v) is 11.0. The van der Waals surface area contributed by atoms with E-state index < -0.39 is 20.5 Å². The van der Waals surface area contributed by atoms with Gasteiger partial charge in [0.25, 0.3) is 0 Å². The van der Waals surface area contributed by atoms with Crippen LogP contribution in [0.3, 0.4) is 0 Å². The highest BCUT2D eigenvalue weighted by Crippen LogP contribution is 2.38. The number of aliphatic hydroxyl groups excluding tert-OH is 2. The molecule has 0 saturated heterocycles. The average Bonchev–Trinajstić information content (AvgIpc) is 2.65. The molecule has 1 aromatic carbocycles. The molecule has 5 atom stereocenters. The Labute approximate surface area is 184 Å². The molecule has 174 valence electrons. The van der Waals surface area contributed by atoms with Gasteiger partial charge in [-0.05, 0) is 49.2 Å². The van der Waals surface area contributed by atoms with Crippen LogP contribution in [0.1, 0.15) is 53.5 Å². The van der Waals surface area contributed by atoms with E-state index >= 15 is 0 Å². The van der Waals surface area contributed by atoms with Crippen LogP contribution >= 0.6 is 0 Å². The minimum absolute atomic E-state index is 0.0443. The van der Waals surface area contributed by atoms with Crippen molar-refractivity contribution in [2.24, 2.45) is 11.8 Å². The second-order valence-corrected chi connectivity index (χ2v) is 14.9. The average molecular weight is 441 g/mol. The first-order valence-electron chi connectivity index (χ1n) is 11.0. The van der Waals surface area contributed by atoms with E-state index in [0.717, 1.165) is 11.3 Å². The molecule has 0 heterocycles. The van der Waals surface area contributed by atoms with Crippen molar-refractivity contribution in [3.05, 3.63) is 29.8 Å². The number of aliphatic hydroxyl groups is 2.